The van der Waals surface area contributed by atoms with E-state index in [1.54, 1.807) is 47.4 Å². The van der Waals surface area contributed by atoms with Gasteiger partial charge < -0.3 is 36.4 Å². The molecule has 3 atom stereocenters. The first-order valence-electron chi connectivity index (χ1n) is 15.2. The number of nitrogens with zero attached hydrogens (tertiary/aromatic N) is 2. The number of carbonyl (C=O) groups excluding carboxylic acids is 3. The fourth-order valence-corrected chi connectivity index (χ4v) is 5.23. The molecule has 3 aromatic rings. The molecule has 0 unspecified atom stereocenters. The van der Waals surface area contributed by atoms with Gasteiger partial charge in [0.05, 0.1) is 35.3 Å². The molecule has 45 heavy (non-hydrogen) atoms. The Kier molecular flexibility index (Phi) is 11.0. The van der Waals surface area contributed by atoms with Crippen LogP contribution in [0.2, 0.25) is 0 Å². The lowest BCUT2D eigenvalue weighted by Crippen LogP contribution is -2.49. The lowest BCUT2D eigenvalue weighted by atomic mass is 9.98. The normalized spacial score (nSPS) is 17.2. The number of rotatable bonds is 10. The quantitative estimate of drug-likeness (QED) is 0.212. The molecule has 11 heteroatoms. The van der Waals surface area contributed by atoms with E-state index in [0.717, 1.165) is 5.56 Å². The molecule has 1 heterocycles. The number of anilines is 3. The van der Waals surface area contributed by atoms with Gasteiger partial charge in [-0.2, -0.15) is 0 Å². The number of para-hydroxylation sites is 3. The lowest BCUT2D eigenvalue weighted by Gasteiger charge is -2.38. The van der Waals surface area contributed by atoms with E-state index in [-0.39, 0.29) is 36.5 Å². The Labute approximate surface area is 264 Å². The molecule has 1 aliphatic rings. The first kappa shape index (κ1) is 33.3. The average molecular weight is 617 g/mol. The van der Waals surface area contributed by atoms with E-state index < -0.39 is 12.1 Å². The summed E-state index contributed by atoms with van der Waals surface area (Å²) in [4.78, 5) is 42.8. The number of amides is 4. The van der Waals surface area contributed by atoms with Crippen molar-refractivity contribution < 1.29 is 24.2 Å². The number of carbonyl (C=O) groups is 3. The van der Waals surface area contributed by atoms with Crippen LogP contribution in [0.15, 0.2) is 66.7 Å². The van der Waals surface area contributed by atoms with Gasteiger partial charge in [0.15, 0.2) is 5.75 Å². The first-order chi connectivity index (χ1) is 21.5. The summed E-state index contributed by atoms with van der Waals surface area (Å²) < 4.78 is 6.59. The van der Waals surface area contributed by atoms with Crippen molar-refractivity contribution in [2.75, 3.05) is 43.1 Å². The number of ether oxygens (including phenoxy) is 1. The largest absolute Gasteiger partial charge is 0.486 e. The Bertz CT molecular complexity index is 1490. The van der Waals surface area contributed by atoms with Gasteiger partial charge in [-0.3, -0.25) is 14.5 Å². The third-order valence-corrected chi connectivity index (χ3v) is 7.73. The van der Waals surface area contributed by atoms with Crippen LogP contribution in [0.25, 0.3) is 0 Å². The molecule has 0 fully saturated rings. The molecule has 4 rings (SSSR count). The average Bonchev–Trinajstić information content (AvgIpc) is 3.00. The number of nitrogen functional groups attached to an aromatic ring is 1. The van der Waals surface area contributed by atoms with Crippen LogP contribution in [0.5, 0.6) is 5.75 Å². The fourth-order valence-electron chi connectivity index (χ4n) is 5.23. The maximum Gasteiger partial charge on any atom is 0.319 e. The second kappa shape index (κ2) is 14.9. The summed E-state index contributed by atoms with van der Waals surface area (Å²) in [5, 5.41) is 18.4. The van der Waals surface area contributed by atoms with Crippen LogP contribution in [-0.2, 0) is 6.54 Å². The molecule has 240 valence electrons. The predicted molar refractivity (Wildman–Crippen MR) is 176 cm³/mol. The van der Waals surface area contributed by atoms with Gasteiger partial charge in [-0.05, 0) is 69.8 Å². The van der Waals surface area contributed by atoms with E-state index >= 15 is 0 Å². The van der Waals surface area contributed by atoms with Gasteiger partial charge in [-0.15, -0.1) is 0 Å². The zero-order valence-electron chi connectivity index (χ0n) is 26.5. The van der Waals surface area contributed by atoms with E-state index in [0.29, 0.717) is 53.6 Å². The van der Waals surface area contributed by atoms with Crippen LogP contribution in [0.1, 0.15) is 54.0 Å². The van der Waals surface area contributed by atoms with Gasteiger partial charge in [0.1, 0.15) is 6.10 Å². The van der Waals surface area contributed by atoms with Gasteiger partial charge in [-0.1, -0.05) is 37.3 Å². The first-order valence-corrected chi connectivity index (χ1v) is 15.2. The molecular formula is C34H44N6O5. The number of nitrogens with two attached hydrogens (primary N) is 1. The third kappa shape index (κ3) is 8.52. The summed E-state index contributed by atoms with van der Waals surface area (Å²) in [7, 11) is 1.98. The van der Waals surface area contributed by atoms with E-state index in [1.165, 1.54) is 0 Å². The maximum atomic E-state index is 13.7. The minimum Gasteiger partial charge on any atom is -0.486 e. The molecule has 0 saturated heterocycles. The minimum atomic E-state index is -0.404. The van der Waals surface area contributed by atoms with E-state index in [1.807, 2.05) is 59.0 Å². The molecule has 0 aliphatic carbocycles. The van der Waals surface area contributed by atoms with Crippen molar-refractivity contribution in [3.05, 3.63) is 83.4 Å². The predicted octanol–water partition coefficient (Wildman–Crippen LogP) is 4.40. The molecule has 6 N–H and O–H groups in total. The lowest BCUT2D eigenvalue weighted by molar-refractivity contribution is 0.0343. The Morgan fingerprint density at radius 2 is 1.71 bits per heavy atom. The van der Waals surface area contributed by atoms with Gasteiger partial charge in [0, 0.05) is 37.2 Å². The summed E-state index contributed by atoms with van der Waals surface area (Å²) in [6, 6.07) is 18.7. The van der Waals surface area contributed by atoms with Gasteiger partial charge in [-0.25, -0.2) is 4.79 Å². The molecule has 0 saturated carbocycles. The second-order valence-electron chi connectivity index (χ2n) is 12.0. The highest BCUT2D eigenvalue weighted by atomic mass is 16.5. The summed E-state index contributed by atoms with van der Waals surface area (Å²) >= 11 is 0. The molecule has 0 spiro atoms. The SMILES string of the molecule is CC(C)NC(=O)Nc1cccc2c1O[C@H](CN(C)Cc1ccc(C(=O)Nc3ccccc3N)cc1)[C@H](C)CN([C@H](C)CO)C2=O. The van der Waals surface area contributed by atoms with Crippen molar-refractivity contribution in [3.63, 3.8) is 0 Å². The Balaban J connectivity index is 1.52. The van der Waals surface area contributed by atoms with E-state index in [4.69, 9.17) is 10.5 Å². The number of nitrogens with one attached hydrogen (secondary N) is 3. The van der Waals surface area contributed by atoms with Gasteiger partial charge in [0.2, 0.25) is 0 Å². The topological polar surface area (TPSA) is 149 Å². The second-order valence-corrected chi connectivity index (χ2v) is 12.0. The molecule has 0 bridgehead atoms. The van der Waals surface area contributed by atoms with Crippen molar-refractivity contribution in [3.8, 4) is 5.75 Å². The molecule has 4 amide bonds. The summed E-state index contributed by atoms with van der Waals surface area (Å²) in [5.41, 5.74) is 9.26. The maximum absolute atomic E-state index is 13.7. The summed E-state index contributed by atoms with van der Waals surface area (Å²) in [6.07, 6.45) is -0.354. The number of urea groups is 1. The Morgan fingerprint density at radius 3 is 2.38 bits per heavy atom. The summed E-state index contributed by atoms with van der Waals surface area (Å²) in [6.45, 7) is 8.85. The van der Waals surface area contributed by atoms with Crippen molar-refractivity contribution >= 4 is 34.9 Å². The molecular weight excluding hydrogens is 572 g/mol. The van der Waals surface area contributed by atoms with Crippen LogP contribution in [-0.4, -0.2) is 77.7 Å². The number of aliphatic hydroxyl groups is 1. The highest BCUT2D eigenvalue weighted by Crippen LogP contribution is 2.35. The molecule has 11 nitrogen and oxygen atoms in total. The number of likely N-dealkylation sites (N-methyl/N-ethyl adjacent to an activating group) is 1. The van der Waals surface area contributed by atoms with Crippen LogP contribution < -0.4 is 26.4 Å². The third-order valence-electron chi connectivity index (χ3n) is 7.73. The van der Waals surface area contributed by atoms with Crippen LogP contribution in [0.3, 0.4) is 0 Å². The van der Waals surface area contributed by atoms with Crippen molar-refractivity contribution in [1.29, 1.82) is 0 Å². The van der Waals surface area contributed by atoms with Crippen molar-refractivity contribution in [2.24, 2.45) is 5.92 Å². The molecule has 0 aromatic heterocycles. The van der Waals surface area contributed by atoms with Crippen LogP contribution in [0.4, 0.5) is 21.9 Å². The number of aliphatic hydroxyl groups excluding tert-OH is 1. The number of hydrogen-bond acceptors (Lipinski definition) is 7. The zero-order chi connectivity index (χ0) is 32.7. The molecule has 3 aromatic carbocycles. The van der Waals surface area contributed by atoms with Crippen LogP contribution in [0, 0.1) is 5.92 Å². The van der Waals surface area contributed by atoms with Crippen molar-refractivity contribution in [1.82, 2.24) is 15.1 Å². The van der Waals surface area contributed by atoms with Gasteiger partial charge in [0.25, 0.3) is 11.8 Å². The number of benzene rings is 3. The zero-order valence-corrected chi connectivity index (χ0v) is 26.5. The van der Waals surface area contributed by atoms with E-state index in [9.17, 15) is 19.5 Å². The van der Waals surface area contributed by atoms with E-state index in [2.05, 4.69) is 20.9 Å². The monoisotopic (exact) mass is 616 g/mol. The highest BCUT2D eigenvalue weighted by Gasteiger charge is 2.34. The highest BCUT2D eigenvalue weighted by molar-refractivity contribution is 6.05. The number of hydrogen-bond donors (Lipinski definition) is 5. The molecule has 1 aliphatic heterocycles. The fraction of sp³-hybridized carbons (Fsp3) is 0.382. The Morgan fingerprint density at radius 1 is 1.02 bits per heavy atom. The van der Waals surface area contributed by atoms with Crippen LogP contribution >= 0.6 is 0 Å². The minimum absolute atomic E-state index is 0.0773. The summed E-state index contributed by atoms with van der Waals surface area (Å²) in [5.74, 6) is -0.313. The molecule has 0 radical (unpaired) electrons. The Hall–Kier alpha value is -4.61. The smallest absolute Gasteiger partial charge is 0.319 e. The van der Waals surface area contributed by atoms with Gasteiger partial charge >= 0.3 is 6.03 Å². The van der Waals surface area contributed by atoms with Crippen molar-refractivity contribution in [2.45, 2.75) is 52.4 Å². The number of fused-ring (bicyclic) bond motifs is 1. The standard InChI is InChI=1S/C34H44N6O5/c1-21(2)36-34(44)38-29-12-8-9-26-31(29)45-30(22(3)17-40(33(26)43)23(4)20-41)19-39(5)18-24-13-15-25(16-14-24)32(42)37-28-11-7-6-10-27(28)35/h6-16,21-23,30,41H,17-20,35H2,1-5H3,(H,37,42)(H2,36,38,44)/t22-,23-,30-/m1/s1.